The molecule has 7 nitrogen and oxygen atoms in total. The van der Waals surface area contributed by atoms with E-state index in [1.807, 2.05) is 78.9 Å². The number of anilines is 3. The third kappa shape index (κ3) is 3.67. The van der Waals surface area contributed by atoms with Crippen LogP contribution in [0.3, 0.4) is 0 Å². The van der Waals surface area contributed by atoms with Gasteiger partial charge in [0, 0.05) is 28.7 Å². The molecule has 2 heterocycles. The third-order valence-corrected chi connectivity index (χ3v) is 6.05. The SMILES string of the molecule is O=C(Nc1ccc(Nc2ccccc2)cc1)C1(c2cc(-c3ccc4c(c3)OCO4)on2)CC1. The number of hydrogen-bond donors (Lipinski definition) is 2. The first-order valence-electron chi connectivity index (χ1n) is 10.8. The van der Waals surface area contributed by atoms with Crippen molar-refractivity contribution in [3.63, 3.8) is 0 Å². The summed E-state index contributed by atoms with van der Waals surface area (Å²) >= 11 is 0. The minimum atomic E-state index is -0.654. The first kappa shape index (κ1) is 19.4. The lowest BCUT2D eigenvalue weighted by Crippen LogP contribution is -2.28. The number of benzene rings is 3. The van der Waals surface area contributed by atoms with Gasteiger partial charge in [0.25, 0.3) is 0 Å². The van der Waals surface area contributed by atoms with E-state index >= 15 is 0 Å². The van der Waals surface area contributed by atoms with Gasteiger partial charge in [-0.2, -0.15) is 0 Å². The van der Waals surface area contributed by atoms with Crippen molar-refractivity contribution in [3.05, 3.63) is 84.6 Å². The van der Waals surface area contributed by atoms with Gasteiger partial charge in [0.05, 0.1) is 11.1 Å². The molecule has 0 atom stereocenters. The van der Waals surface area contributed by atoms with Gasteiger partial charge >= 0.3 is 0 Å². The number of amides is 1. The second kappa shape index (κ2) is 7.70. The number of fused-ring (bicyclic) bond motifs is 1. The topological polar surface area (TPSA) is 85.6 Å². The highest BCUT2D eigenvalue weighted by Gasteiger charge is 2.53. The van der Waals surface area contributed by atoms with Gasteiger partial charge < -0.3 is 24.6 Å². The molecule has 1 aliphatic carbocycles. The van der Waals surface area contributed by atoms with Gasteiger partial charge in [-0.1, -0.05) is 23.4 Å². The molecule has 6 rings (SSSR count). The van der Waals surface area contributed by atoms with E-state index in [1.165, 1.54) is 0 Å². The number of carbonyl (C=O) groups excluding carboxylic acids is 1. The fraction of sp³-hybridized carbons (Fsp3) is 0.154. The zero-order valence-corrected chi connectivity index (χ0v) is 17.7. The molecule has 4 aromatic rings. The summed E-state index contributed by atoms with van der Waals surface area (Å²) in [7, 11) is 0. The van der Waals surface area contributed by atoms with E-state index in [0.29, 0.717) is 23.0 Å². The number of ether oxygens (including phenoxy) is 2. The van der Waals surface area contributed by atoms with Crippen molar-refractivity contribution in [2.24, 2.45) is 0 Å². The molecular formula is C26H21N3O4. The third-order valence-electron chi connectivity index (χ3n) is 6.05. The minimum Gasteiger partial charge on any atom is -0.454 e. The predicted octanol–water partition coefficient (Wildman–Crippen LogP) is 5.48. The fourth-order valence-electron chi connectivity index (χ4n) is 3.99. The highest BCUT2D eigenvalue weighted by Crippen LogP contribution is 2.49. The highest BCUT2D eigenvalue weighted by molar-refractivity contribution is 6.01. The average Bonchev–Trinajstić information content (AvgIpc) is 3.27. The van der Waals surface area contributed by atoms with E-state index in [9.17, 15) is 4.79 Å². The first-order chi connectivity index (χ1) is 16.2. The van der Waals surface area contributed by atoms with Crippen molar-refractivity contribution in [1.29, 1.82) is 0 Å². The Balaban J connectivity index is 1.15. The van der Waals surface area contributed by atoms with Crippen LogP contribution in [0.25, 0.3) is 11.3 Å². The van der Waals surface area contributed by atoms with Crippen LogP contribution in [0.1, 0.15) is 18.5 Å². The lowest BCUT2D eigenvalue weighted by atomic mass is 10.00. The van der Waals surface area contributed by atoms with Gasteiger partial charge in [0.2, 0.25) is 12.7 Å². The lowest BCUT2D eigenvalue weighted by Gasteiger charge is -2.13. The summed E-state index contributed by atoms with van der Waals surface area (Å²) in [5.41, 5.74) is 3.52. The van der Waals surface area contributed by atoms with Gasteiger partial charge in [-0.15, -0.1) is 0 Å². The lowest BCUT2D eigenvalue weighted by molar-refractivity contribution is -0.118. The number of nitrogens with zero attached hydrogens (tertiary/aromatic N) is 1. The van der Waals surface area contributed by atoms with E-state index in [-0.39, 0.29) is 12.7 Å². The van der Waals surface area contributed by atoms with Crippen LogP contribution in [0.5, 0.6) is 11.5 Å². The predicted molar refractivity (Wildman–Crippen MR) is 124 cm³/mol. The number of hydrogen-bond acceptors (Lipinski definition) is 6. The molecule has 164 valence electrons. The summed E-state index contributed by atoms with van der Waals surface area (Å²) in [5, 5.41) is 10.6. The summed E-state index contributed by atoms with van der Waals surface area (Å²) in [4.78, 5) is 13.1. The monoisotopic (exact) mass is 439 g/mol. The average molecular weight is 439 g/mol. The van der Waals surface area contributed by atoms with E-state index in [2.05, 4.69) is 15.8 Å². The van der Waals surface area contributed by atoms with Crippen LogP contribution in [0.4, 0.5) is 17.1 Å². The molecule has 1 fully saturated rings. The summed E-state index contributed by atoms with van der Waals surface area (Å²) in [5.74, 6) is 1.91. The molecule has 1 aliphatic heterocycles. The van der Waals surface area contributed by atoms with Crippen molar-refractivity contribution in [2.75, 3.05) is 17.4 Å². The van der Waals surface area contributed by atoms with Gasteiger partial charge in [0.15, 0.2) is 17.3 Å². The number of rotatable bonds is 6. The molecule has 0 saturated heterocycles. The van der Waals surface area contributed by atoms with Gasteiger partial charge in [0.1, 0.15) is 0 Å². The van der Waals surface area contributed by atoms with Crippen LogP contribution >= 0.6 is 0 Å². The molecule has 0 bridgehead atoms. The summed E-state index contributed by atoms with van der Waals surface area (Å²) in [6.45, 7) is 0.215. The normalized spacial score (nSPS) is 15.2. The molecule has 3 aromatic carbocycles. The van der Waals surface area contributed by atoms with E-state index in [0.717, 1.165) is 35.5 Å². The molecule has 0 spiro atoms. The Hall–Kier alpha value is -4.26. The molecule has 1 amide bonds. The van der Waals surface area contributed by atoms with Crippen molar-refractivity contribution in [1.82, 2.24) is 5.16 Å². The number of nitrogens with one attached hydrogen (secondary N) is 2. The van der Waals surface area contributed by atoms with Crippen LogP contribution in [-0.2, 0) is 10.2 Å². The Morgan fingerprint density at radius 2 is 1.55 bits per heavy atom. The molecule has 33 heavy (non-hydrogen) atoms. The van der Waals surface area contributed by atoms with E-state index in [4.69, 9.17) is 14.0 Å². The zero-order valence-electron chi connectivity index (χ0n) is 17.7. The van der Waals surface area contributed by atoms with Crippen LogP contribution in [0.15, 0.2) is 83.4 Å². The van der Waals surface area contributed by atoms with Crippen molar-refractivity contribution < 1.29 is 18.8 Å². The van der Waals surface area contributed by atoms with Crippen molar-refractivity contribution in [3.8, 4) is 22.8 Å². The smallest absolute Gasteiger partial charge is 0.236 e. The Morgan fingerprint density at radius 1 is 0.818 bits per heavy atom. The Morgan fingerprint density at radius 3 is 2.33 bits per heavy atom. The van der Waals surface area contributed by atoms with Crippen molar-refractivity contribution >= 4 is 23.0 Å². The second-order valence-corrected chi connectivity index (χ2v) is 8.25. The molecule has 0 radical (unpaired) electrons. The Labute approximate surface area is 190 Å². The van der Waals surface area contributed by atoms with Crippen LogP contribution < -0.4 is 20.1 Å². The summed E-state index contributed by atoms with van der Waals surface area (Å²) in [6, 6.07) is 25.0. The first-order valence-corrected chi connectivity index (χ1v) is 10.8. The zero-order chi connectivity index (χ0) is 22.3. The maximum Gasteiger partial charge on any atom is 0.236 e. The number of aromatic nitrogens is 1. The minimum absolute atomic E-state index is 0.0724. The molecule has 2 N–H and O–H groups in total. The van der Waals surface area contributed by atoms with Gasteiger partial charge in [-0.05, 0) is 67.4 Å². The number of para-hydroxylation sites is 1. The number of carbonyl (C=O) groups is 1. The summed E-state index contributed by atoms with van der Waals surface area (Å²) in [6.07, 6.45) is 1.47. The maximum atomic E-state index is 13.1. The Kier molecular flexibility index (Phi) is 4.54. The van der Waals surface area contributed by atoms with Crippen molar-refractivity contribution in [2.45, 2.75) is 18.3 Å². The van der Waals surface area contributed by atoms with Crippen LogP contribution in [0, 0.1) is 0 Å². The molecule has 1 aromatic heterocycles. The highest BCUT2D eigenvalue weighted by atomic mass is 16.7. The molecule has 2 aliphatic rings. The summed E-state index contributed by atoms with van der Waals surface area (Å²) < 4.78 is 16.4. The Bertz CT molecular complexity index is 1310. The maximum absolute atomic E-state index is 13.1. The van der Waals surface area contributed by atoms with Gasteiger partial charge in [-0.25, -0.2) is 0 Å². The van der Waals surface area contributed by atoms with Crippen LogP contribution in [0.2, 0.25) is 0 Å². The largest absolute Gasteiger partial charge is 0.454 e. The molecule has 1 saturated carbocycles. The van der Waals surface area contributed by atoms with Gasteiger partial charge in [-0.3, -0.25) is 4.79 Å². The molecule has 0 unspecified atom stereocenters. The fourth-order valence-corrected chi connectivity index (χ4v) is 3.99. The van der Waals surface area contributed by atoms with E-state index in [1.54, 1.807) is 0 Å². The molecule has 7 heteroatoms. The standard InChI is InChI=1S/C26H21N3O4/c30-25(28-20-9-7-19(8-10-20)27-18-4-2-1-3-5-18)26(12-13-26)24-15-22(33-29-24)17-6-11-21-23(14-17)32-16-31-21/h1-11,14-15,27H,12-13,16H2,(H,28,30). The van der Waals surface area contributed by atoms with E-state index < -0.39 is 5.41 Å². The quantitative estimate of drug-likeness (QED) is 0.414. The molecular weight excluding hydrogens is 418 g/mol. The van der Waals surface area contributed by atoms with Crippen LogP contribution in [-0.4, -0.2) is 17.9 Å². The second-order valence-electron chi connectivity index (χ2n) is 8.25.